The first-order valence-corrected chi connectivity index (χ1v) is 10.7. The van der Waals surface area contributed by atoms with E-state index in [0.717, 1.165) is 6.66 Å². The minimum atomic E-state index is -5.99. The normalized spacial score (nSPS) is 16.9. The summed E-state index contributed by atoms with van der Waals surface area (Å²) in [7, 11) is -9.90. The topological polar surface area (TPSA) is 43.4 Å². The van der Waals surface area contributed by atoms with E-state index < -0.39 is 42.7 Å². The summed E-state index contributed by atoms with van der Waals surface area (Å²) >= 11 is 0. The molecule has 17 heavy (non-hydrogen) atoms. The second-order valence-corrected chi connectivity index (χ2v) is 15.4. The van der Waals surface area contributed by atoms with Gasteiger partial charge < -0.3 is 0 Å². The molecule has 0 aromatic rings. The molecule has 0 aromatic heterocycles. The van der Waals surface area contributed by atoms with Crippen LogP contribution >= 0.6 is 14.8 Å². The van der Waals surface area contributed by atoms with E-state index in [1.165, 1.54) is 13.8 Å². The third kappa shape index (κ3) is 3.25. The van der Waals surface area contributed by atoms with Crippen molar-refractivity contribution in [3.8, 4) is 0 Å². The Morgan fingerprint density at radius 3 is 1.71 bits per heavy atom. The molecule has 0 rings (SSSR count). The maximum absolute atomic E-state index is 13.0. The zero-order chi connectivity index (χ0) is 14.1. The molecule has 0 aliphatic heterocycles. The van der Waals surface area contributed by atoms with Gasteiger partial charge in [-0.15, -0.1) is 0 Å². The Bertz CT molecular complexity index is 376. The fraction of sp³-hybridized carbons (Fsp3) is 1.00. The Labute approximate surface area is 97.7 Å². The molecule has 0 heterocycles. The van der Waals surface area contributed by atoms with E-state index in [4.69, 9.17) is 0 Å². The maximum atomic E-state index is 13.0. The van der Waals surface area contributed by atoms with E-state index in [2.05, 4.69) is 3.97 Å². The van der Waals surface area contributed by atoms with Gasteiger partial charge >= 0.3 is 97.2 Å². The molecule has 0 aliphatic rings. The third-order valence-electron chi connectivity index (χ3n) is 2.64. The quantitative estimate of drug-likeness (QED) is 0.434. The van der Waals surface area contributed by atoms with E-state index in [1.807, 2.05) is 0 Å². The van der Waals surface area contributed by atoms with E-state index in [9.17, 15) is 30.0 Å². The molecule has 0 N–H and O–H groups in total. The van der Waals surface area contributed by atoms with Gasteiger partial charge in [-0.1, -0.05) is 0 Å². The summed E-state index contributed by atoms with van der Waals surface area (Å²) in [6.07, 6.45) is -0.841. The van der Waals surface area contributed by atoms with Crippen LogP contribution in [0, 0.1) is 0 Å². The summed E-state index contributed by atoms with van der Waals surface area (Å²) in [5.41, 5.74) is -5.68. The number of rotatable bonds is 5. The van der Waals surface area contributed by atoms with Crippen molar-refractivity contribution in [1.29, 1.82) is 0 Å². The average molecular weight is 322 g/mol. The van der Waals surface area contributed by atoms with Gasteiger partial charge in [0.25, 0.3) is 0 Å². The second-order valence-electron chi connectivity index (χ2n) is 3.68. The molecular weight excluding hydrogens is 309 g/mol. The number of hydrogen-bond donors (Lipinski definition) is 0. The van der Waals surface area contributed by atoms with Crippen LogP contribution in [-0.4, -0.2) is 32.9 Å². The van der Waals surface area contributed by atoms with Crippen LogP contribution in [0.5, 0.6) is 0 Å². The van der Waals surface area contributed by atoms with Crippen molar-refractivity contribution < 1.29 is 34.0 Å². The van der Waals surface area contributed by atoms with Gasteiger partial charge in [-0.2, -0.15) is 0 Å². The van der Waals surface area contributed by atoms with Crippen molar-refractivity contribution in [3.63, 3.8) is 0 Å². The monoisotopic (exact) mass is 322 g/mol. The molecule has 0 unspecified atom stereocenters. The third-order valence-corrected chi connectivity index (χ3v) is 14.7. The Balaban J connectivity index is 5.62. The number of halogens is 5. The van der Waals surface area contributed by atoms with Gasteiger partial charge in [0.2, 0.25) is 0 Å². The van der Waals surface area contributed by atoms with Crippen molar-refractivity contribution in [2.45, 2.75) is 19.4 Å². The van der Waals surface area contributed by atoms with Crippen molar-refractivity contribution in [3.05, 3.63) is 0 Å². The molecule has 0 spiro atoms. The van der Waals surface area contributed by atoms with Crippen LogP contribution in [0.2, 0.25) is 0 Å². The minimum absolute atomic E-state index is 0.421. The molecule has 0 atom stereocenters. The van der Waals surface area contributed by atoms with Crippen LogP contribution in [0.4, 0.5) is 21.6 Å². The van der Waals surface area contributed by atoms with Crippen LogP contribution in [0.3, 0.4) is 0 Å². The van der Waals surface area contributed by atoms with Gasteiger partial charge in [-0.05, 0) is 0 Å². The van der Waals surface area contributed by atoms with Gasteiger partial charge in [-0.25, -0.2) is 0 Å². The Hall–Kier alpha value is 0.420. The first-order chi connectivity index (χ1) is 7.33. The zero-order valence-corrected chi connectivity index (χ0v) is 11.9. The molecule has 0 aliphatic carbocycles. The molecule has 0 fully saturated rings. The fourth-order valence-corrected chi connectivity index (χ4v) is 7.92. The molecule has 0 amide bonds. The predicted molar refractivity (Wildman–Crippen MR) is 59.1 cm³/mol. The molecule has 11 heteroatoms. The standard InChI is InChI=1S/C6H13F5O3P2S/c1-4-16(3,5-2,15(10)11)14-17(12,13)6(7,8)9/h4-5H2,1-3H3. The predicted octanol–water partition coefficient (Wildman–Crippen LogP) is 4.16. The molecular formula is C6H13F5O3P2S. The summed E-state index contributed by atoms with van der Waals surface area (Å²) in [5, 5.41) is 0. The summed E-state index contributed by atoms with van der Waals surface area (Å²) in [6.45, 7) is -1.37. The molecule has 0 radical (unpaired) electrons. The summed E-state index contributed by atoms with van der Waals surface area (Å²) in [6, 6.07) is 0. The van der Waals surface area contributed by atoms with E-state index in [-0.39, 0.29) is 0 Å². The van der Waals surface area contributed by atoms with Gasteiger partial charge in [0.1, 0.15) is 0 Å². The van der Waals surface area contributed by atoms with E-state index in [1.54, 1.807) is 0 Å². The van der Waals surface area contributed by atoms with Crippen LogP contribution < -0.4 is 0 Å². The Morgan fingerprint density at radius 2 is 1.53 bits per heavy atom. The zero-order valence-electron chi connectivity index (χ0n) is 9.33. The van der Waals surface area contributed by atoms with Gasteiger partial charge in [0, 0.05) is 0 Å². The van der Waals surface area contributed by atoms with Gasteiger partial charge in [0.05, 0.1) is 0 Å². The van der Waals surface area contributed by atoms with Crippen LogP contribution in [0.25, 0.3) is 0 Å². The second kappa shape index (κ2) is 4.83. The molecule has 0 aromatic carbocycles. The van der Waals surface area contributed by atoms with E-state index >= 15 is 0 Å². The SMILES string of the molecule is CCP(C)(CC)(OS(=O)(=O)C(F)(F)F)P(F)F. The Kier molecular flexibility index (Phi) is 4.95. The van der Waals surface area contributed by atoms with Crippen molar-refractivity contribution >= 4 is 24.9 Å². The molecule has 106 valence electrons. The van der Waals surface area contributed by atoms with Crippen molar-refractivity contribution in [2.75, 3.05) is 19.0 Å². The first-order valence-electron chi connectivity index (χ1n) is 4.49. The summed E-state index contributed by atoms with van der Waals surface area (Å²) < 4.78 is 88.2. The van der Waals surface area contributed by atoms with Gasteiger partial charge in [0.15, 0.2) is 0 Å². The molecule has 3 nitrogen and oxygen atoms in total. The summed E-state index contributed by atoms with van der Waals surface area (Å²) in [4.78, 5) is 0. The Morgan fingerprint density at radius 1 is 1.18 bits per heavy atom. The number of alkyl halides is 3. The molecule has 0 saturated heterocycles. The first kappa shape index (κ1) is 17.4. The number of hydrogen-bond acceptors (Lipinski definition) is 3. The van der Waals surface area contributed by atoms with Crippen LogP contribution in [0.15, 0.2) is 0 Å². The van der Waals surface area contributed by atoms with Crippen LogP contribution in [-0.2, 0) is 14.1 Å². The van der Waals surface area contributed by atoms with Crippen molar-refractivity contribution in [1.82, 2.24) is 0 Å². The van der Waals surface area contributed by atoms with Crippen LogP contribution in [0.1, 0.15) is 13.8 Å². The molecule has 0 saturated carbocycles. The fourth-order valence-electron chi connectivity index (χ4n) is 0.891. The average Bonchev–Trinajstić information content (AvgIpc) is 2.15. The van der Waals surface area contributed by atoms with Gasteiger partial charge in [-0.3, -0.25) is 0 Å². The van der Waals surface area contributed by atoms with Crippen molar-refractivity contribution in [2.24, 2.45) is 0 Å². The summed E-state index contributed by atoms with van der Waals surface area (Å²) in [5.74, 6) is 0. The molecule has 0 bridgehead atoms. The van der Waals surface area contributed by atoms with E-state index in [0.29, 0.717) is 0 Å².